The van der Waals surface area contributed by atoms with E-state index in [9.17, 15) is 14.4 Å². The maximum atomic E-state index is 12.2. The van der Waals surface area contributed by atoms with Crippen LogP contribution >= 0.6 is 11.6 Å². The molecule has 104 valence electrons. The number of rotatable bonds is 3. The lowest BCUT2D eigenvalue weighted by molar-refractivity contribution is -0.142. The fourth-order valence-corrected chi connectivity index (χ4v) is 3.32. The van der Waals surface area contributed by atoms with Crippen molar-refractivity contribution in [1.29, 1.82) is 0 Å². The van der Waals surface area contributed by atoms with Crippen molar-refractivity contribution in [1.82, 2.24) is 4.90 Å². The summed E-state index contributed by atoms with van der Waals surface area (Å²) >= 11 is 5.95. The maximum absolute atomic E-state index is 12.2. The van der Waals surface area contributed by atoms with E-state index in [1.807, 2.05) is 13.8 Å². The Bertz CT molecular complexity index is 614. The quantitative estimate of drug-likeness (QED) is 0.633. The number of carbonyl (C=O) groups excluding carboxylic acids is 3. The summed E-state index contributed by atoms with van der Waals surface area (Å²) in [4.78, 5) is 37.5. The predicted octanol–water partition coefficient (Wildman–Crippen LogP) is 2.16. The molecular formula is C15H14ClNO3. The molecule has 1 heterocycles. The van der Waals surface area contributed by atoms with Crippen LogP contribution in [0.1, 0.15) is 24.2 Å². The van der Waals surface area contributed by atoms with E-state index in [2.05, 4.69) is 0 Å². The van der Waals surface area contributed by atoms with Crippen molar-refractivity contribution in [2.24, 2.45) is 17.3 Å². The Morgan fingerprint density at radius 2 is 1.75 bits per heavy atom. The lowest BCUT2D eigenvalue weighted by atomic mass is 10.0. The second-order valence-corrected chi connectivity index (χ2v) is 6.35. The third kappa shape index (κ3) is 1.71. The molecule has 1 aromatic rings. The number of fused-ring (bicyclic) bond motifs is 1. The minimum atomic E-state index is -0.309. The van der Waals surface area contributed by atoms with E-state index in [0.717, 1.165) is 4.90 Å². The zero-order chi connectivity index (χ0) is 14.7. The molecule has 2 atom stereocenters. The van der Waals surface area contributed by atoms with Gasteiger partial charge in [-0.2, -0.15) is 0 Å². The Labute approximate surface area is 121 Å². The van der Waals surface area contributed by atoms with Crippen LogP contribution in [0.15, 0.2) is 24.3 Å². The lowest BCUT2D eigenvalue weighted by Crippen LogP contribution is -2.39. The first-order valence-electron chi connectivity index (χ1n) is 6.48. The number of nitrogens with zero attached hydrogens (tertiary/aromatic N) is 1. The number of piperidine rings is 1. The Kier molecular flexibility index (Phi) is 2.77. The first kappa shape index (κ1) is 13.3. The topological polar surface area (TPSA) is 54.5 Å². The molecule has 3 rings (SSSR count). The van der Waals surface area contributed by atoms with E-state index in [4.69, 9.17) is 11.6 Å². The van der Waals surface area contributed by atoms with Gasteiger partial charge in [0.05, 0.1) is 23.4 Å². The largest absolute Gasteiger partial charge is 0.292 e. The van der Waals surface area contributed by atoms with Gasteiger partial charge in [0.25, 0.3) is 0 Å². The molecule has 0 bridgehead atoms. The Hall–Kier alpha value is -1.68. The highest BCUT2D eigenvalue weighted by Crippen LogP contribution is 2.63. The number of hydrogen-bond donors (Lipinski definition) is 0. The molecular weight excluding hydrogens is 278 g/mol. The number of carbonyl (C=O) groups is 3. The van der Waals surface area contributed by atoms with Crippen LogP contribution in [-0.4, -0.2) is 29.0 Å². The van der Waals surface area contributed by atoms with Gasteiger partial charge in [-0.15, -0.1) is 0 Å². The molecule has 2 unspecified atom stereocenters. The normalized spacial score (nSPS) is 26.6. The van der Waals surface area contributed by atoms with Gasteiger partial charge in [0.1, 0.15) is 0 Å². The van der Waals surface area contributed by atoms with E-state index < -0.39 is 0 Å². The van der Waals surface area contributed by atoms with E-state index in [-0.39, 0.29) is 41.4 Å². The van der Waals surface area contributed by atoms with Crippen molar-refractivity contribution < 1.29 is 14.4 Å². The van der Waals surface area contributed by atoms with Crippen LogP contribution < -0.4 is 0 Å². The van der Waals surface area contributed by atoms with Gasteiger partial charge in [0.2, 0.25) is 11.8 Å². The molecule has 5 heteroatoms. The van der Waals surface area contributed by atoms with Gasteiger partial charge < -0.3 is 0 Å². The summed E-state index contributed by atoms with van der Waals surface area (Å²) in [6.45, 7) is 3.60. The summed E-state index contributed by atoms with van der Waals surface area (Å²) in [6, 6.07) is 6.64. The SMILES string of the molecule is CC1(C)C2C(=O)N(CC(=O)c3ccccc3Cl)C(=O)C21. The van der Waals surface area contributed by atoms with Crippen molar-refractivity contribution in [2.75, 3.05) is 6.54 Å². The predicted molar refractivity (Wildman–Crippen MR) is 73.3 cm³/mol. The number of likely N-dealkylation sites (tertiary alicyclic amines) is 1. The fraction of sp³-hybridized carbons (Fsp3) is 0.400. The third-order valence-corrected chi connectivity index (χ3v) is 4.70. The van der Waals surface area contributed by atoms with Gasteiger partial charge in [-0.25, -0.2) is 0 Å². The highest BCUT2D eigenvalue weighted by Gasteiger charge is 2.72. The summed E-state index contributed by atoms with van der Waals surface area (Å²) in [5, 5.41) is 0.335. The number of amides is 2. The molecule has 0 aromatic heterocycles. The van der Waals surface area contributed by atoms with Gasteiger partial charge in [0.15, 0.2) is 5.78 Å². The minimum absolute atomic E-state index is 0.218. The van der Waals surface area contributed by atoms with E-state index in [1.54, 1.807) is 24.3 Å². The highest BCUT2D eigenvalue weighted by molar-refractivity contribution is 6.34. The summed E-state index contributed by atoms with van der Waals surface area (Å²) in [5.74, 6) is -1.28. The van der Waals surface area contributed by atoms with Crippen LogP contribution in [0.4, 0.5) is 0 Å². The lowest BCUT2D eigenvalue weighted by Gasteiger charge is -2.19. The molecule has 2 amide bonds. The number of halogens is 1. The van der Waals surface area contributed by atoms with Gasteiger partial charge in [-0.05, 0) is 17.5 Å². The molecule has 1 aromatic carbocycles. The van der Waals surface area contributed by atoms with Crippen LogP contribution in [0.5, 0.6) is 0 Å². The van der Waals surface area contributed by atoms with Crippen molar-refractivity contribution in [3.05, 3.63) is 34.9 Å². The summed E-state index contributed by atoms with van der Waals surface area (Å²) in [6.07, 6.45) is 0. The van der Waals surface area contributed by atoms with E-state index in [1.165, 1.54) is 0 Å². The molecule has 2 fully saturated rings. The highest BCUT2D eigenvalue weighted by atomic mass is 35.5. The Balaban J connectivity index is 1.78. The fourth-order valence-electron chi connectivity index (χ4n) is 3.08. The van der Waals surface area contributed by atoms with Gasteiger partial charge in [0, 0.05) is 5.56 Å². The average Bonchev–Trinajstić information content (AvgIpc) is 2.86. The van der Waals surface area contributed by atoms with Crippen LogP contribution in [0.25, 0.3) is 0 Å². The number of benzene rings is 1. The first-order chi connectivity index (χ1) is 9.35. The monoisotopic (exact) mass is 291 g/mol. The molecule has 0 N–H and O–H groups in total. The number of imide groups is 1. The smallest absolute Gasteiger partial charge is 0.234 e. The Morgan fingerprint density at radius 3 is 2.30 bits per heavy atom. The summed E-state index contributed by atoms with van der Waals surface area (Å²) < 4.78 is 0. The molecule has 1 saturated carbocycles. The van der Waals surface area contributed by atoms with Gasteiger partial charge in [-0.3, -0.25) is 19.3 Å². The minimum Gasteiger partial charge on any atom is -0.292 e. The van der Waals surface area contributed by atoms with E-state index >= 15 is 0 Å². The van der Waals surface area contributed by atoms with Crippen LogP contribution in [0.3, 0.4) is 0 Å². The second kappa shape index (κ2) is 4.16. The van der Waals surface area contributed by atoms with E-state index in [0.29, 0.717) is 10.6 Å². The molecule has 2 aliphatic rings. The zero-order valence-electron chi connectivity index (χ0n) is 11.2. The molecule has 1 saturated heterocycles. The number of hydrogen-bond acceptors (Lipinski definition) is 3. The number of Topliss-reactive ketones (excluding diaryl/α,β-unsaturated/α-hetero) is 1. The summed E-state index contributed by atoms with van der Waals surface area (Å²) in [5.41, 5.74) is 0.0903. The molecule has 1 aliphatic carbocycles. The maximum Gasteiger partial charge on any atom is 0.234 e. The molecule has 4 nitrogen and oxygen atoms in total. The van der Waals surface area contributed by atoms with Crippen molar-refractivity contribution in [2.45, 2.75) is 13.8 Å². The molecule has 0 spiro atoms. The summed E-state index contributed by atoms with van der Waals surface area (Å²) in [7, 11) is 0. The van der Waals surface area contributed by atoms with Crippen molar-refractivity contribution in [3.63, 3.8) is 0 Å². The van der Waals surface area contributed by atoms with Crippen molar-refractivity contribution >= 4 is 29.2 Å². The molecule has 1 aliphatic heterocycles. The number of ketones is 1. The zero-order valence-corrected chi connectivity index (χ0v) is 12.0. The van der Waals surface area contributed by atoms with Crippen molar-refractivity contribution in [3.8, 4) is 0 Å². The van der Waals surface area contributed by atoms with Gasteiger partial charge >= 0.3 is 0 Å². The van der Waals surface area contributed by atoms with Crippen LogP contribution in [0, 0.1) is 17.3 Å². The first-order valence-corrected chi connectivity index (χ1v) is 6.86. The van der Waals surface area contributed by atoms with Crippen LogP contribution in [0.2, 0.25) is 5.02 Å². The Morgan fingerprint density at radius 1 is 1.20 bits per heavy atom. The second-order valence-electron chi connectivity index (χ2n) is 5.94. The third-order valence-electron chi connectivity index (χ3n) is 4.37. The molecule has 0 radical (unpaired) electrons. The van der Waals surface area contributed by atoms with Gasteiger partial charge in [-0.1, -0.05) is 37.6 Å². The molecule has 20 heavy (non-hydrogen) atoms. The van der Waals surface area contributed by atoms with Crippen LogP contribution in [-0.2, 0) is 9.59 Å². The average molecular weight is 292 g/mol. The standard InChI is InChI=1S/C15H14ClNO3/c1-15(2)11-12(15)14(20)17(13(11)19)7-10(18)8-5-3-4-6-9(8)16/h3-6,11-12H,7H2,1-2H3.